The molecule has 0 atom stereocenters. The van der Waals surface area contributed by atoms with Gasteiger partial charge in [-0.05, 0) is 23.6 Å². The first-order valence-electron chi connectivity index (χ1n) is 5.13. The van der Waals surface area contributed by atoms with Gasteiger partial charge in [-0.25, -0.2) is 8.78 Å². The second-order valence-electron chi connectivity index (χ2n) is 3.62. The summed E-state index contributed by atoms with van der Waals surface area (Å²) in [5.74, 6) is -2.71. The van der Waals surface area contributed by atoms with E-state index in [0.717, 1.165) is 12.1 Å². The standard InChI is InChI=1S/C13H8F2O2S/c14-8-3-4-9(10(15)6-8)11(16)7-12(17)13-2-1-5-18-13/h1-6H,7H2. The molecule has 0 N–H and O–H groups in total. The molecule has 18 heavy (non-hydrogen) atoms. The molecule has 2 rings (SSSR count). The Labute approximate surface area is 106 Å². The maximum Gasteiger partial charge on any atom is 0.180 e. The number of benzene rings is 1. The number of carbonyl (C=O) groups is 2. The van der Waals surface area contributed by atoms with E-state index in [-0.39, 0.29) is 11.3 Å². The Hall–Kier alpha value is -1.88. The summed E-state index contributed by atoms with van der Waals surface area (Å²) in [6.07, 6.45) is -0.414. The quantitative estimate of drug-likeness (QED) is 0.627. The number of hydrogen-bond donors (Lipinski definition) is 0. The molecule has 1 aromatic carbocycles. The van der Waals surface area contributed by atoms with E-state index in [1.165, 1.54) is 11.3 Å². The highest BCUT2D eigenvalue weighted by Crippen LogP contribution is 2.16. The fraction of sp³-hybridized carbons (Fsp3) is 0.0769. The lowest BCUT2D eigenvalue weighted by Gasteiger charge is -2.01. The summed E-state index contributed by atoms with van der Waals surface area (Å²) in [4.78, 5) is 23.8. The Balaban J connectivity index is 2.15. The lowest BCUT2D eigenvalue weighted by molar-refractivity contribution is 0.0894. The molecule has 1 aromatic heterocycles. The fourth-order valence-corrected chi connectivity index (χ4v) is 2.15. The zero-order chi connectivity index (χ0) is 13.1. The molecular formula is C13H8F2O2S. The highest BCUT2D eigenvalue weighted by atomic mass is 32.1. The third kappa shape index (κ3) is 2.68. The molecule has 0 spiro atoms. The van der Waals surface area contributed by atoms with Crippen LogP contribution in [-0.2, 0) is 0 Å². The molecule has 0 aliphatic carbocycles. The van der Waals surface area contributed by atoms with Crippen molar-refractivity contribution in [3.63, 3.8) is 0 Å². The van der Waals surface area contributed by atoms with Crippen LogP contribution in [0.1, 0.15) is 26.5 Å². The van der Waals surface area contributed by atoms with Crippen molar-refractivity contribution in [1.82, 2.24) is 0 Å². The minimum atomic E-state index is -0.945. The molecule has 0 aliphatic rings. The van der Waals surface area contributed by atoms with Crippen LogP contribution in [0.2, 0.25) is 0 Å². The highest BCUT2D eigenvalue weighted by molar-refractivity contribution is 7.12. The minimum Gasteiger partial charge on any atom is -0.294 e. The zero-order valence-corrected chi connectivity index (χ0v) is 9.97. The fourth-order valence-electron chi connectivity index (χ4n) is 1.48. The van der Waals surface area contributed by atoms with E-state index >= 15 is 0 Å². The zero-order valence-electron chi connectivity index (χ0n) is 9.15. The van der Waals surface area contributed by atoms with Gasteiger partial charge >= 0.3 is 0 Å². The molecular weight excluding hydrogens is 258 g/mol. The first-order valence-corrected chi connectivity index (χ1v) is 6.01. The summed E-state index contributed by atoms with van der Waals surface area (Å²) in [6, 6.07) is 5.96. The van der Waals surface area contributed by atoms with E-state index in [9.17, 15) is 18.4 Å². The number of ketones is 2. The number of carbonyl (C=O) groups excluding carboxylic acids is 2. The van der Waals surface area contributed by atoms with Crippen molar-refractivity contribution >= 4 is 22.9 Å². The number of Topliss-reactive ketones (excluding diaryl/α,β-unsaturated/α-hetero) is 2. The van der Waals surface area contributed by atoms with Crippen LogP contribution in [0.25, 0.3) is 0 Å². The van der Waals surface area contributed by atoms with Gasteiger partial charge in [0.25, 0.3) is 0 Å². The van der Waals surface area contributed by atoms with Crippen molar-refractivity contribution < 1.29 is 18.4 Å². The van der Waals surface area contributed by atoms with Crippen molar-refractivity contribution in [3.05, 3.63) is 57.8 Å². The van der Waals surface area contributed by atoms with Crippen LogP contribution >= 0.6 is 11.3 Å². The molecule has 1 heterocycles. The molecule has 5 heteroatoms. The SMILES string of the molecule is O=C(CC(=O)c1ccc(F)cc1F)c1cccs1. The molecule has 0 bridgehead atoms. The lowest BCUT2D eigenvalue weighted by atomic mass is 10.0. The van der Waals surface area contributed by atoms with Crippen LogP contribution in [0.3, 0.4) is 0 Å². The van der Waals surface area contributed by atoms with Crippen LogP contribution in [0, 0.1) is 11.6 Å². The van der Waals surface area contributed by atoms with Gasteiger partial charge in [-0.2, -0.15) is 0 Å². The Morgan fingerprint density at radius 1 is 1.11 bits per heavy atom. The van der Waals surface area contributed by atoms with Crippen LogP contribution in [-0.4, -0.2) is 11.6 Å². The molecule has 0 saturated carbocycles. The molecule has 0 amide bonds. The van der Waals surface area contributed by atoms with E-state index in [0.29, 0.717) is 10.9 Å². The molecule has 0 unspecified atom stereocenters. The van der Waals surface area contributed by atoms with Crippen LogP contribution in [0.5, 0.6) is 0 Å². The summed E-state index contributed by atoms with van der Waals surface area (Å²) in [5, 5.41) is 1.72. The molecule has 2 aromatic rings. The van der Waals surface area contributed by atoms with Gasteiger partial charge < -0.3 is 0 Å². The summed E-state index contributed by atoms with van der Waals surface area (Å²) in [5.41, 5.74) is -0.263. The van der Waals surface area contributed by atoms with Gasteiger partial charge in [-0.15, -0.1) is 11.3 Å². The van der Waals surface area contributed by atoms with Gasteiger partial charge in [0.2, 0.25) is 0 Å². The Morgan fingerprint density at radius 3 is 2.50 bits per heavy atom. The predicted molar refractivity (Wildman–Crippen MR) is 64.0 cm³/mol. The van der Waals surface area contributed by atoms with Crippen LogP contribution < -0.4 is 0 Å². The van der Waals surface area contributed by atoms with E-state index in [1.54, 1.807) is 17.5 Å². The molecule has 2 nitrogen and oxygen atoms in total. The molecule has 0 aliphatic heterocycles. The Bertz CT molecular complexity index is 591. The average molecular weight is 266 g/mol. The van der Waals surface area contributed by atoms with Gasteiger partial charge in [-0.3, -0.25) is 9.59 Å². The van der Waals surface area contributed by atoms with Crippen LogP contribution in [0.4, 0.5) is 8.78 Å². The van der Waals surface area contributed by atoms with Gasteiger partial charge in [0, 0.05) is 6.07 Å². The monoisotopic (exact) mass is 266 g/mol. The first kappa shape index (κ1) is 12.6. The van der Waals surface area contributed by atoms with E-state index in [1.807, 2.05) is 0 Å². The minimum absolute atomic E-state index is 0.263. The summed E-state index contributed by atoms with van der Waals surface area (Å²) < 4.78 is 26.0. The van der Waals surface area contributed by atoms with Gasteiger partial charge in [0.05, 0.1) is 16.9 Å². The van der Waals surface area contributed by atoms with Gasteiger partial charge in [0.15, 0.2) is 11.6 Å². The molecule has 92 valence electrons. The van der Waals surface area contributed by atoms with Gasteiger partial charge in [0.1, 0.15) is 11.6 Å². The Kier molecular flexibility index (Phi) is 3.62. The first-order chi connectivity index (χ1) is 8.58. The Morgan fingerprint density at radius 2 is 1.89 bits per heavy atom. The van der Waals surface area contributed by atoms with Crippen LogP contribution in [0.15, 0.2) is 35.7 Å². The second-order valence-corrected chi connectivity index (χ2v) is 4.57. The van der Waals surface area contributed by atoms with Gasteiger partial charge in [-0.1, -0.05) is 6.07 Å². The second kappa shape index (κ2) is 5.18. The molecule has 0 fully saturated rings. The smallest absolute Gasteiger partial charge is 0.180 e. The van der Waals surface area contributed by atoms with Crippen molar-refractivity contribution in [1.29, 1.82) is 0 Å². The van der Waals surface area contributed by atoms with E-state index in [4.69, 9.17) is 0 Å². The number of halogens is 2. The summed E-state index contributed by atoms with van der Waals surface area (Å²) in [6.45, 7) is 0. The number of thiophene rings is 1. The van der Waals surface area contributed by atoms with Crippen molar-refractivity contribution in [2.75, 3.05) is 0 Å². The summed E-state index contributed by atoms with van der Waals surface area (Å²) >= 11 is 1.22. The largest absolute Gasteiger partial charge is 0.294 e. The normalized spacial score (nSPS) is 10.3. The average Bonchev–Trinajstić information content (AvgIpc) is 2.81. The van der Waals surface area contributed by atoms with Crippen molar-refractivity contribution in [2.45, 2.75) is 6.42 Å². The molecule has 0 saturated heterocycles. The van der Waals surface area contributed by atoms with Crippen molar-refractivity contribution in [2.24, 2.45) is 0 Å². The number of hydrogen-bond acceptors (Lipinski definition) is 3. The van der Waals surface area contributed by atoms with E-state index < -0.39 is 23.8 Å². The molecule has 0 radical (unpaired) electrons. The third-order valence-corrected chi connectivity index (χ3v) is 3.26. The van der Waals surface area contributed by atoms with E-state index in [2.05, 4.69) is 0 Å². The third-order valence-electron chi connectivity index (χ3n) is 2.35. The van der Waals surface area contributed by atoms with Crippen molar-refractivity contribution in [3.8, 4) is 0 Å². The maximum absolute atomic E-state index is 13.3. The maximum atomic E-state index is 13.3. The lowest BCUT2D eigenvalue weighted by Crippen LogP contribution is -2.09. The predicted octanol–water partition coefficient (Wildman–Crippen LogP) is 3.48. The highest BCUT2D eigenvalue weighted by Gasteiger charge is 2.17. The summed E-state index contributed by atoms with van der Waals surface area (Å²) in [7, 11) is 0. The topological polar surface area (TPSA) is 34.1 Å². The number of rotatable bonds is 4.